The summed E-state index contributed by atoms with van der Waals surface area (Å²) >= 11 is 0. The molecule has 1 aliphatic heterocycles. The second kappa shape index (κ2) is 4.85. The Morgan fingerprint density at radius 1 is 1.32 bits per heavy atom. The van der Waals surface area contributed by atoms with E-state index in [4.69, 9.17) is 8.92 Å². The van der Waals surface area contributed by atoms with E-state index < -0.39 is 52.0 Å². The molecule has 0 aromatic carbocycles. The predicted molar refractivity (Wildman–Crippen MR) is 65.3 cm³/mol. The lowest BCUT2D eigenvalue weighted by Gasteiger charge is -2.24. The highest BCUT2D eigenvalue weighted by Gasteiger charge is 2.65. The van der Waals surface area contributed by atoms with E-state index in [1.54, 1.807) is 0 Å². The zero-order chi connectivity index (χ0) is 16.3. The van der Waals surface area contributed by atoms with Gasteiger partial charge in [0.25, 0.3) is 10.1 Å². The SMILES string of the molecule is CC(F)(F)C(=O)OCC(=O)OC1C2CC3C1OS(=O)(=O)C3C2. The zero-order valence-corrected chi connectivity index (χ0v) is 12.3. The van der Waals surface area contributed by atoms with Crippen molar-refractivity contribution in [2.75, 3.05) is 6.61 Å². The van der Waals surface area contributed by atoms with Crippen LogP contribution in [0.2, 0.25) is 0 Å². The molecule has 3 fully saturated rings. The molecule has 5 atom stereocenters. The molecule has 0 amide bonds. The van der Waals surface area contributed by atoms with Gasteiger partial charge < -0.3 is 9.47 Å². The molecule has 2 saturated carbocycles. The van der Waals surface area contributed by atoms with Crippen LogP contribution >= 0.6 is 0 Å². The maximum Gasteiger partial charge on any atom is 0.377 e. The maximum absolute atomic E-state index is 12.6. The van der Waals surface area contributed by atoms with Crippen LogP contribution in [0.5, 0.6) is 0 Å². The summed E-state index contributed by atoms with van der Waals surface area (Å²) in [5.74, 6) is -6.85. The lowest BCUT2D eigenvalue weighted by Crippen LogP contribution is -2.38. The third-order valence-corrected chi connectivity index (χ3v) is 6.14. The molecule has 3 rings (SSSR count). The maximum atomic E-state index is 12.6. The van der Waals surface area contributed by atoms with Crippen molar-refractivity contribution >= 4 is 22.1 Å². The average Bonchev–Trinajstić information content (AvgIpc) is 2.98. The minimum Gasteiger partial charge on any atom is -0.457 e. The van der Waals surface area contributed by atoms with Gasteiger partial charge in [-0.05, 0) is 12.8 Å². The highest BCUT2D eigenvalue weighted by atomic mass is 32.2. The molecule has 2 aliphatic carbocycles. The number of halogens is 2. The van der Waals surface area contributed by atoms with E-state index in [0.29, 0.717) is 19.8 Å². The Bertz CT molecular complexity index is 611. The molecule has 3 aliphatic rings. The number of hydrogen-bond donors (Lipinski definition) is 0. The molecule has 0 radical (unpaired) electrons. The van der Waals surface area contributed by atoms with E-state index in [2.05, 4.69) is 4.74 Å². The van der Waals surface area contributed by atoms with Gasteiger partial charge in [0.05, 0.1) is 5.25 Å². The molecule has 0 aromatic rings. The van der Waals surface area contributed by atoms with Crippen LogP contribution in [0.25, 0.3) is 0 Å². The van der Waals surface area contributed by atoms with Crippen LogP contribution in [0.1, 0.15) is 19.8 Å². The number of alkyl halides is 2. The molecule has 1 saturated heterocycles. The van der Waals surface area contributed by atoms with E-state index in [0.717, 1.165) is 0 Å². The predicted octanol–water partition coefficient (Wildman–Crippen LogP) is 0.234. The Balaban J connectivity index is 1.57. The second-order valence-electron chi connectivity index (χ2n) is 5.91. The number of hydrogen-bond acceptors (Lipinski definition) is 7. The minimum atomic E-state index is -3.69. The summed E-state index contributed by atoms with van der Waals surface area (Å²) in [6.45, 7) is -0.590. The van der Waals surface area contributed by atoms with Crippen molar-refractivity contribution in [2.24, 2.45) is 11.8 Å². The summed E-state index contributed by atoms with van der Waals surface area (Å²) in [5.41, 5.74) is 0. The molecule has 7 nitrogen and oxygen atoms in total. The fraction of sp³-hybridized carbons (Fsp3) is 0.833. The summed E-state index contributed by atoms with van der Waals surface area (Å²) in [5, 5.41) is -0.547. The lowest BCUT2D eigenvalue weighted by molar-refractivity contribution is -0.179. The van der Waals surface area contributed by atoms with Crippen molar-refractivity contribution < 1.29 is 40.4 Å². The van der Waals surface area contributed by atoms with Crippen LogP contribution in [-0.2, 0) is 33.4 Å². The molecular formula is C12H14F2O7S. The van der Waals surface area contributed by atoms with Gasteiger partial charge in [-0.15, -0.1) is 0 Å². The molecule has 10 heteroatoms. The van der Waals surface area contributed by atoms with Gasteiger partial charge in [0.15, 0.2) is 6.61 Å². The van der Waals surface area contributed by atoms with Crippen LogP contribution in [0.4, 0.5) is 8.78 Å². The van der Waals surface area contributed by atoms with E-state index >= 15 is 0 Å². The molecule has 0 spiro atoms. The van der Waals surface area contributed by atoms with Gasteiger partial charge in [0.2, 0.25) is 0 Å². The molecule has 22 heavy (non-hydrogen) atoms. The number of carbonyl (C=O) groups excluding carboxylic acids is 2. The van der Waals surface area contributed by atoms with E-state index in [9.17, 15) is 26.8 Å². The Morgan fingerprint density at radius 2 is 2.00 bits per heavy atom. The first-order valence-corrected chi connectivity index (χ1v) is 8.23. The first-order chi connectivity index (χ1) is 10.1. The van der Waals surface area contributed by atoms with E-state index in [-0.39, 0.29) is 11.8 Å². The first kappa shape index (κ1) is 15.6. The van der Waals surface area contributed by atoms with Gasteiger partial charge in [-0.2, -0.15) is 17.2 Å². The Morgan fingerprint density at radius 3 is 2.64 bits per heavy atom. The standard InChI is InChI=1S/C12H14F2O7S/c1-12(13,14)11(16)19-4-8(15)20-9-5-2-6-7(3-5)22(17,18)21-10(6)9/h5-7,9-10H,2-4H2,1H3. The van der Waals surface area contributed by atoms with Crippen molar-refractivity contribution in [3.05, 3.63) is 0 Å². The van der Waals surface area contributed by atoms with Crippen molar-refractivity contribution in [1.29, 1.82) is 0 Å². The summed E-state index contributed by atoms with van der Waals surface area (Å²) in [4.78, 5) is 22.5. The average molecular weight is 340 g/mol. The minimum absolute atomic E-state index is 0.135. The summed E-state index contributed by atoms with van der Waals surface area (Å²) in [6.07, 6.45) is -0.527. The molecule has 124 valence electrons. The van der Waals surface area contributed by atoms with Crippen LogP contribution in [-0.4, -0.2) is 50.3 Å². The molecule has 0 aromatic heterocycles. The molecule has 2 bridgehead atoms. The third kappa shape index (κ3) is 2.47. The van der Waals surface area contributed by atoms with Gasteiger partial charge in [-0.25, -0.2) is 9.59 Å². The molecule has 0 N–H and O–H groups in total. The summed E-state index contributed by atoms with van der Waals surface area (Å²) < 4.78 is 62.8. The van der Waals surface area contributed by atoms with Crippen molar-refractivity contribution in [3.8, 4) is 0 Å². The smallest absolute Gasteiger partial charge is 0.377 e. The number of esters is 2. The Labute approximate surface area is 125 Å². The van der Waals surface area contributed by atoms with Crippen LogP contribution in [0.3, 0.4) is 0 Å². The van der Waals surface area contributed by atoms with Crippen LogP contribution in [0, 0.1) is 11.8 Å². The number of rotatable bonds is 4. The van der Waals surface area contributed by atoms with Gasteiger partial charge in [-0.3, -0.25) is 4.18 Å². The quantitative estimate of drug-likeness (QED) is 0.534. The second-order valence-corrected chi connectivity index (χ2v) is 7.69. The topological polar surface area (TPSA) is 96.0 Å². The zero-order valence-electron chi connectivity index (χ0n) is 11.5. The van der Waals surface area contributed by atoms with Crippen molar-refractivity contribution in [1.82, 2.24) is 0 Å². The number of fused-ring (bicyclic) bond motifs is 1. The monoisotopic (exact) mass is 340 g/mol. The molecule has 1 heterocycles. The third-order valence-electron chi connectivity index (χ3n) is 4.36. The summed E-state index contributed by atoms with van der Waals surface area (Å²) in [7, 11) is -3.62. The highest BCUT2D eigenvalue weighted by Crippen LogP contribution is 2.55. The number of ether oxygens (including phenoxy) is 2. The fourth-order valence-electron chi connectivity index (χ4n) is 3.48. The van der Waals surface area contributed by atoms with Crippen molar-refractivity contribution in [3.63, 3.8) is 0 Å². The highest BCUT2D eigenvalue weighted by molar-refractivity contribution is 7.87. The number of carbonyl (C=O) groups is 2. The van der Waals surface area contributed by atoms with Gasteiger partial charge in [-0.1, -0.05) is 0 Å². The van der Waals surface area contributed by atoms with Gasteiger partial charge in [0.1, 0.15) is 12.2 Å². The van der Waals surface area contributed by atoms with Crippen molar-refractivity contribution in [2.45, 2.75) is 43.1 Å². The van der Waals surface area contributed by atoms with Gasteiger partial charge >= 0.3 is 17.9 Å². The van der Waals surface area contributed by atoms with E-state index in [1.807, 2.05) is 0 Å². The van der Waals surface area contributed by atoms with Gasteiger partial charge in [0, 0.05) is 18.8 Å². The summed E-state index contributed by atoms with van der Waals surface area (Å²) in [6, 6.07) is 0. The molecule has 5 unspecified atom stereocenters. The normalized spacial score (nSPS) is 38.0. The Kier molecular flexibility index (Phi) is 3.44. The molecular weight excluding hydrogens is 326 g/mol. The van der Waals surface area contributed by atoms with Crippen LogP contribution < -0.4 is 0 Å². The largest absolute Gasteiger partial charge is 0.457 e. The fourth-order valence-corrected chi connectivity index (χ4v) is 5.36. The van der Waals surface area contributed by atoms with Crippen LogP contribution in [0.15, 0.2) is 0 Å². The lowest BCUT2D eigenvalue weighted by atomic mass is 9.94. The van der Waals surface area contributed by atoms with E-state index in [1.165, 1.54) is 0 Å². The Hall–Kier alpha value is -1.29. The first-order valence-electron chi connectivity index (χ1n) is 6.76.